The van der Waals surface area contributed by atoms with Gasteiger partial charge in [-0.25, -0.2) is 9.78 Å². The summed E-state index contributed by atoms with van der Waals surface area (Å²) in [4.78, 5) is 48.7. The highest BCUT2D eigenvalue weighted by Gasteiger charge is 2.53. The maximum absolute atomic E-state index is 12.9. The van der Waals surface area contributed by atoms with Gasteiger partial charge in [0.2, 0.25) is 0 Å². The van der Waals surface area contributed by atoms with E-state index < -0.39 is 29.2 Å². The normalized spacial score (nSPS) is 19.7. The van der Waals surface area contributed by atoms with Crippen molar-refractivity contribution in [1.29, 1.82) is 0 Å². The molecule has 1 fully saturated rings. The maximum atomic E-state index is 12.9. The van der Waals surface area contributed by atoms with E-state index in [1.807, 2.05) is 44.2 Å². The number of nitrogens with two attached hydrogens (primary N) is 1. The monoisotopic (exact) mass is 527 g/mol. The van der Waals surface area contributed by atoms with E-state index in [1.54, 1.807) is 11.5 Å². The van der Waals surface area contributed by atoms with Crippen molar-refractivity contribution in [2.45, 2.75) is 25.3 Å². The Morgan fingerprint density at radius 3 is 2.75 bits per heavy atom. The van der Waals surface area contributed by atoms with E-state index in [9.17, 15) is 14.4 Å². The van der Waals surface area contributed by atoms with E-state index in [1.165, 1.54) is 23.8 Å². The summed E-state index contributed by atoms with van der Waals surface area (Å²) in [5.41, 5.74) is 9.02. The Bertz CT molecular complexity index is 1270. The quantitative estimate of drug-likeness (QED) is 0.231. The molecule has 2 aliphatic heterocycles. The van der Waals surface area contributed by atoms with Crippen LogP contribution in [0.3, 0.4) is 0 Å². The second-order valence-corrected chi connectivity index (χ2v) is 10.2. The summed E-state index contributed by atoms with van der Waals surface area (Å²) in [5.74, 6) is -1.14. The number of amides is 2. The number of rotatable bonds is 8. The number of nitrogens with zero attached hydrogens (tertiary/aromatic N) is 3. The fourth-order valence-electron chi connectivity index (χ4n) is 3.67. The van der Waals surface area contributed by atoms with Crippen LogP contribution in [0.5, 0.6) is 0 Å². The molecule has 10 nitrogen and oxygen atoms in total. The molecule has 3 heterocycles. The largest absolute Gasteiger partial charge is 0.457 e. The van der Waals surface area contributed by atoms with Crippen LogP contribution >= 0.6 is 23.1 Å². The molecule has 0 aliphatic carbocycles. The Labute approximate surface area is 216 Å². The number of aromatic nitrogens is 1. The van der Waals surface area contributed by atoms with Crippen LogP contribution in [0.2, 0.25) is 0 Å². The van der Waals surface area contributed by atoms with Crippen molar-refractivity contribution in [3.05, 3.63) is 63.8 Å². The average molecular weight is 528 g/mol. The molecule has 1 aromatic heterocycles. The molecule has 12 heteroatoms. The van der Waals surface area contributed by atoms with Crippen molar-refractivity contribution in [3.8, 4) is 0 Å². The molecule has 188 valence electrons. The van der Waals surface area contributed by atoms with Crippen LogP contribution in [0, 0.1) is 6.92 Å². The third kappa shape index (κ3) is 5.44. The SMILES string of the molecule is CO/N=C(\C(=O)NC1C(=O)N2C(C(=O)OC/C(C)=C/c3ccc(C)cc3)=CCS[C@H]12)c1csc(N)n1. The molecular weight excluding hydrogens is 502 g/mol. The molecule has 1 aromatic carbocycles. The molecule has 0 saturated carbocycles. The highest BCUT2D eigenvalue weighted by molar-refractivity contribution is 8.00. The molecule has 2 aliphatic rings. The third-order valence-corrected chi connectivity index (χ3v) is 7.28. The van der Waals surface area contributed by atoms with Gasteiger partial charge in [0, 0.05) is 11.1 Å². The van der Waals surface area contributed by atoms with Gasteiger partial charge in [-0.05, 0) is 31.1 Å². The minimum atomic E-state index is -0.833. The van der Waals surface area contributed by atoms with Gasteiger partial charge in [-0.3, -0.25) is 14.5 Å². The molecule has 2 atom stereocenters. The first-order valence-corrected chi connectivity index (χ1v) is 12.9. The third-order valence-electron chi connectivity index (χ3n) is 5.43. The number of carbonyl (C=O) groups is 3. The second-order valence-electron chi connectivity index (χ2n) is 8.14. The van der Waals surface area contributed by atoms with Crippen molar-refractivity contribution in [2.24, 2.45) is 5.16 Å². The molecular formula is C24H25N5O5S2. The summed E-state index contributed by atoms with van der Waals surface area (Å²) in [7, 11) is 1.30. The number of β-lactam (4-membered cyclic amide) rings is 1. The first kappa shape index (κ1) is 25.5. The molecule has 4 rings (SSSR count). The van der Waals surface area contributed by atoms with Gasteiger partial charge in [0.1, 0.15) is 36.5 Å². The zero-order valence-corrected chi connectivity index (χ0v) is 21.5. The average Bonchev–Trinajstić information content (AvgIpc) is 3.30. The number of anilines is 1. The molecule has 36 heavy (non-hydrogen) atoms. The van der Waals surface area contributed by atoms with Gasteiger partial charge in [0.05, 0.1) is 0 Å². The summed E-state index contributed by atoms with van der Waals surface area (Å²) in [6, 6.07) is 7.17. The summed E-state index contributed by atoms with van der Waals surface area (Å²) < 4.78 is 5.47. The van der Waals surface area contributed by atoms with E-state index in [0.717, 1.165) is 28.0 Å². The Morgan fingerprint density at radius 1 is 1.33 bits per heavy atom. The van der Waals surface area contributed by atoms with Crippen molar-refractivity contribution in [3.63, 3.8) is 0 Å². The summed E-state index contributed by atoms with van der Waals surface area (Å²) >= 11 is 2.58. The van der Waals surface area contributed by atoms with Crippen molar-refractivity contribution < 1.29 is 24.0 Å². The number of thioether (sulfide) groups is 1. The number of nitrogen functional groups attached to an aromatic ring is 1. The number of hydrogen-bond donors (Lipinski definition) is 2. The predicted octanol–water partition coefficient (Wildman–Crippen LogP) is 2.31. The number of nitrogens with one attached hydrogen (secondary N) is 1. The number of ether oxygens (including phenoxy) is 1. The summed E-state index contributed by atoms with van der Waals surface area (Å²) in [6.07, 6.45) is 3.60. The number of benzene rings is 1. The van der Waals surface area contributed by atoms with Gasteiger partial charge in [0.25, 0.3) is 11.8 Å². The first-order valence-electron chi connectivity index (χ1n) is 11.0. The van der Waals surface area contributed by atoms with Gasteiger partial charge >= 0.3 is 5.97 Å². The lowest BCUT2D eigenvalue weighted by atomic mass is 10.0. The number of oxime groups is 1. The maximum Gasteiger partial charge on any atom is 0.355 e. The smallest absolute Gasteiger partial charge is 0.355 e. The van der Waals surface area contributed by atoms with Gasteiger partial charge in [-0.2, -0.15) is 0 Å². The van der Waals surface area contributed by atoms with Gasteiger partial charge in [-0.1, -0.05) is 41.1 Å². The number of fused-ring (bicyclic) bond motifs is 1. The molecule has 0 bridgehead atoms. The van der Waals surface area contributed by atoms with Crippen LogP contribution < -0.4 is 11.1 Å². The fourth-order valence-corrected chi connectivity index (χ4v) is 5.42. The number of thiazole rings is 1. The van der Waals surface area contributed by atoms with Crippen LogP contribution in [0.25, 0.3) is 6.08 Å². The molecule has 0 radical (unpaired) electrons. The Morgan fingerprint density at radius 2 is 2.08 bits per heavy atom. The number of aryl methyl sites for hydroxylation is 1. The lowest BCUT2D eigenvalue weighted by Gasteiger charge is -2.48. The molecule has 1 saturated heterocycles. The predicted molar refractivity (Wildman–Crippen MR) is 139 cm³/mol. The van der Waals surface area contributed by atoms with Crippen LogP contribution in [-0.4, -0.2) is 64.3 Å². The molecule has 2 aromatic rings. The van der Waals surface area contributed by atoms with Crippen molar-refractivity contribution in [2.75, 3.05) is 25.2 Å². The molecule has 2 amide bonds. The van der Waals surface area contributed by atoms with E-state index in [4.69, 9.17) is 15.3 Å². The topological polar surface area (TPSA) is 136 Å². The van der Waals surface area contributed by atoms with Gasteiger partial charge in [-0.15, -0.1) is 23.1 Å². The van der Waals surface area contributed by atoms with E-state index >= 15 is 0 Å². The first-order chi connectivity index (χ1) is 17.3. The Balaban J connectivity index is 1.37. The summed E-state index contributed by atoms with van der Waals surface area (Å²) in [5, 5.41) is 7.81. The Kier molecular flexibility index (Phi) is 7.75. The fraction of sp³-hybridized carbons (Fsp3) is 0.292. The van der Waals surface area contributed by atoms with Crippen LogP contribution in [-0.2, 0) is 24.0 Å². The zero-order chi connectivity index (χ0) is 25.8. The standard InChI is InChI=1S/C24H25N5O5S2/c1-13-4-6-15(7-5-13)10-14(2)11-34-23(32)17-8-9-35-22-19(21(31)29(17)22)27-20(30)18(28-33-3)16-12-36-24(25)26-16/h4-8,10,12,19,22H,9,11H2,1-3H3,(H2,25,26)(H,27,30)/b14-10+,28-18-/t19?,22-/m1/s1. The van der Waals surface area contributed by atoms with Crippen molar-refractivity contribution >= 4 is 57.8 Å². The second kappa shape index (κ2) is 11.0. The van der Waals surface area contributed by atoms with Gasteiger partial charge in [0.15, 0.2) is 10.8 Å². The molecule has 3 N–H and O–H groups in total. The minimum Gasteiger partial charge on any atom is -0.457 e. The lowest BCUT2D eigenvalue weighted by molar-refractivity contribution is -0.152. The highest BCUT2D eigenvalue weighted by atomic mass is 32.2. The lowest BCUT2D eigenvalue weighted by Crippen LogP contribution is -2.70. The number of hydrogen-bond acceptors (Lipinski definition) is 10. The minimum absolute atomic E-state index is 0.0940. The van der Waals surface area contributed by atoms with E-state index in [-0.39, 0.29) is 28.8 Å². The van der Waals surface area contributed by atoms with Crippen LogP contribution in [0.15, 0.2) is 52.1 Å². The molecule has 1 unspecified atom stereocenters. The van der Waals surface area contributed by atoms with E-state index in [0.29, 0.717) is 5.75 Å². The summed E-state index contributed by atoms with van der Waals surface area (Å²) in [6.45, 7) is 3.98. The van der Waals surface area contributed by atoms with Gasteiger partial charge < -0.3 is 20.6 Å². The molecule has 0 spiro atoms. The Hall–Kier alpha value is -3.64. The van der Waals surface area contributed by atoms with Crippen molar-refractivity contribution in [1.82, 2.24) is 15.2 Å². The highest BCUT2D eigenvalue weighted by Crippen LogP contribution is 2.38. The number of carbonyl (C=O) groups excluding carboxylic acids is 3. The number of esters is 1. The van der Waals surface area contributed by atoms with Crippen LogP contribution in [0.1, 0.15) is 23.7 Å². The van der Waals surface area contributed by atoms with E-state index in [2.05, 4.69) is 15.5 Å². The zero-order valence-electron chi connectivity index (χ0n) is 19.9. The van der Waals surface area contributed by atoms with Crippen LogP contribution in [0.4, 0.5) is 5.13 Å².